The molecular formula is C18H27N3. The maximum atomic E-state index is 5.89. The summed E-state index contributed by atoms with van der Waals surface area (Å²) in [4.78, 5) is 2.61. The number of likely N-dealkylation sites (tertiary alicyclic amines) is 1. The number of hydrogen-bond donors (Lipinski definition) is 1. The summed E-state index contributed by atoms with van der Waals surface area (Å²) in [5, 5.41) is 1.38. The summed E-state index contributed by atoms with van der Waals surface area (Å²) in [6.07, 6.45) is 2.55. The standard InChI is InChI=1S/C18H27N3/c1-13-8-9-15(10-19)11-21(13)12-18-14(2)16-6-4-5-7-17(16)20(18)3/h4-7,13,15H,8-12,19H2,1-3H3. The van der Waals surface area contributed by atoms with Crippen LogP contribution in [0.4, 0.5) is 0 Å². The summed E-state index contributed by atoms with van der Waals surface area (Å²) < 4.78 is 2.36. The number of aryl methyl sites for hydroxylation is 2. The molecule has 1 saturated heterocycles. The van der Waals surface area contributed by atoms with Gasteiger partial charge in [-0.3, -0.25) is 4.90 Å². The van der Waals surface area contributed by atoms with Crippen LogP contribution in [0, 0.1) is 12.8 Å². The molecule has 2 unspecified atom stereocenters. The van der Waals surface area contributed by atoms with Crippen LogP contribution in [0.3, 0.4) is 0 Å². The van der Waals surface area contributed by atoms with Crippen molar-refractivity contribution in [1.29, 1.82) is 0 Å². The molecule has 0 saturated carbocycles. The van der Waals surface area contributed by atoms with Crippen LogP contribution in [0.2, 0.25) is 0 Å². The predicted octanol–water partition coefficient (Wildman–Crippen LogP) is 3.05. The fraction of sp³-hybridized carbons (Fsp3) is 0.556. The minimum Gasteiger partial charge on any atom is -0.346 e. The SMILES string of the molecule is Cc1c(CN2CC(CN)CCC2C)n(C)c2ccccc12. The van der Waals surface area contributed by atoms with Gasteiger partial charge in [-0.2, -0.15) is 0 Å². The first-order valence-electron chi connectivity index (χ1n) is 8.08. The highest BCUT2D eigenvalue weighted by atomic mass is 15.2. The van der Waals surface area contributed by atoms with Crippen molar-refractivity contribution in [3.63, 3.8) is 0 Å². The van der Waals surface area contributed by atoms with E-state index in [1.807, 2.05) is 0 Å². The summed E-state index contributed by atoms with van der Waals surface area (Å²) in [6, 6.07) is 9.36. The lowest BCUT2D eigenvalue weighted by atomic mass is 9.93. The number of aromatic nitrogens is 1. The molecule has 3 rings (SSSR count). The molecule has 0 bridgehead atoms. The second kappa shape index (κ2) is 5.82. The van der Waals surface area contributed by atoms with Gasteiger partial charge in [0.25, 0.3) is 0 Å². The van der Waals surface area contributed by atoms with E-state index < -0.39 is 0 Å². The molecule has 1 aromatic heterocycles. The van der Waals surface area contributed by atoms with E-state index in [1.54, 1.807) is 0 Å². The second-order valence-corrected chi connectivity index (χ2v) is 6.61. The largest absolute Gasteiger partial charge is 0.346 e. The van der Waals surface area contributed by atoms with Gasteiger partial charge < -0.3 is 10.3 Å². The van der Waals surface area contributed by atoms with Crippen LogP contribution in [0.1, 0.15) is 31.0 Å². The molecule has 2 atom stereocenters. The number of nitrogens with two attached hydrogens (primary N) is 1. The molecule has 1 aliphatic heterocycles. The minimum absolute atomic E-state index is 0.658. The van der Waals surface area contributed by atoms with Crippen LogP contribution in [0.5, 0.6) is 0 Å². The quantitative estimate of drug-likeness (QED) is 0.940. The third-order valence-electron chi connectivity index (χ3n) is 5.30. The average Bonchev–Trinajstić information content (AvgIpc) is 2.75. The van der Waals surface area contributed by atoms with Crippen molar-refractivity contribution in [3.8, 4) is 0 Å². The number of nitrogens with zero attached hydrogens (tertiary/aromatic N) is 2. The zero-order valence-electron chi connectivity index (χ0n) is 13.5. The summed E-state index contributed by atoms with van der Waals surface area (Å²) in [5.74, 6) is 0.663. The Morgan fingerprint density at radius 3 is 2.71 bits per heavy atom. The highest BCUT2D eigenvalue weighted by molar-refractivity contribution is 5.85. The van der Waals surface area contributed by atoms with Crippen molar-refractivity contribution in [3.05, 3.63) is 35.5 Å². The molecule has 2 aromatic rings. The first-order chi connectivity index (χ1) is 10.1. The fourth-order valence-electron chi connectivity index (χ4n) is 3.73. The van der Waals surface area contributed by atoms with Gasteiger partial charge in [0.15, 0.2) is 0 Å². The summed E-state index contributed by atoms with van der Waals surface area (Å²) in [5.41, 5.74) is 10.1. The number of para-hydroxylation sites is 1. The molecule has 0 aliphatic carbocycles. The van der Waals surface area contributed by atoms with Gasteiger partial charge in [0.1, 0.15) is 0 Å². The van der Waals surface area contributed by atoms with Crippen molar-refractivity contribution in [2.45, 2.75) is 39.3 Å². The van der Waals surface area contributed by atoms with Gasteiger partial charge in [0, 0.05) is 42.8 Å². The van der Waals surface area contributed by atoms with Gasteiger partial charge in [0.2, 0.25) is 0 Å². The number of hydrogen-bond acceptors (Lipinski definition) is 2. The smallest absolute Gasteiger partial charge is 0.0483 e. The molecule has 2 N–H and O–H groups in total. The predicted molar refractivity (Wildman–Crippen MR) is 89.3 cm³/mol. The monoisotopic (exact) mass is 285 g/mol. The summed E-state index contributed by atoms with van der Waals surface area (Å²) in [6.45, 7) is 7.60. The zero-order valence-corrected chi connectivity index (χ0v) is 13.5. The van der Waals surface area contributed by atoms with Crippen molar-refractivity contribution in [2.75, 3.05) is 13.1 Å². The van der Waals surface area contributed by atoms with Gasteiger partial charge in [-0.15, -0.1) is 0 Å². The summed E-state index contributed by atoms with van der Waals surface area (Å²) >= 11 is 0. The average molecular weight is 285 g/mol. The molecule has 2 heterocycles. The molecule has 1 fully saturated rings. The van der Waals surface area contributed by atoms with Gasteiger partial charge in [-0.1, -0.05) is 18.2 Å². The van der Waals surface area contributed by atoms with E-state index in [9.17, 15) is 0 Å². The van der Waals surface area contributed by atoms with Crippen LogP contribution in [0.15, 0.2) is 24.3 Å². The van der Waals surface area contributed by atoms with Gasteiger partial charge in [0.05, 0.1) is 0 Å². The zero-order chi connectivity index (χ0) is 15.0. The maximum absolute atomic E-state index is 5.89. The normalized spacial score (nSPS) is 23.8. The van der Waals surface area contributed by atoms with Gasteiger partial charge in [-0.05, 0) is 50.8 Å². The van der Waals surface area contributed by atoms with Crippen LogP contribution in [-0.2, 0) is 13.6 Å². The first-order valence-corrected chi connectivity index (χ1v) is 8.08. The molecule has 0 radical (unpaired) electrons. The van der Waals surface area contributed by atoms with E-state index >= 15 is 0 Å². The lowest BCUT2D eigenvalue weighted by molar-refractivity contribution is 0.111. The van der Waals surface area contributed by atoms with Crippen LogP contribution < -0.4 is 5.73 Å². The maximum Gasteiger partial charge on any atom is 0.0483 e. The fourth-order valence-corrected chi connectivity index (χ4v) is 3.73. The third-order valence-corrected chi connectivity index (χ3v) is 5.30. The number of benzene rings is 1. The van der Waals surface area contributed by atoms with E-state index in [-0.39, 0.29) is 0 Å². The van der Waals surface area contributed by atoms with Crippen LogP contribution >= 0.6 is 0 Å². The molecular weight excluding hydrogens is 258 g/mol. The van der Waals surface area contributed by atoms with Crippen LogP contribution in [0.25, 0.3) is 10.9 Å². The highest BCUT2D eigenvalue weighted by Crippen LogP contribution is 2.28. The number of fused-ring (bicyclic) bond motifs is 1. The Labute approximate surface area is 127 Å². The Balaban J connectivity index is 1.90. The molecule has 3 nitrogen and oxygen atoms in total. The first kappa shape index (κ1) is 14.6. The van der Waals surface area contributed by atoms with Gasteiger partial charge in [-0.25, -0.2) is 0 Å². The molecule has 1 aliphatic rings. The van der Waals surface area contributed by atoms with Crippen molar-refractivity contribution >= 4 is 10.9 Å². The number of piperidine rings is 1. The minimum atomic E-state index is 0.658. The lowest BCUT2D eigenvalue weighted by Gasteiger charge is -2.37. The Kier molecular flexibility index (Phi) is 4.05. The molecule has 0 amide bonds. The van der Waals surface area contributed by atoms with E-state index in [4.69, 9.17) is 5.73 Å². The Morgan fingerprint density at radius 2 is 2.00 bits per heavy atom. The summed E-state index contributed by atoms with van der Waals surface area (Å²) in [7, 11) is 2.19. The lowest BCUT2D eigenvalue weighted by Crippen LogP contribution is -2.43. The van der Waals surface area contributed by atoms with Crippen molar-refractivity contribution in [2.24, 2.45) is 18.7 Å². The molecule has 21 heavy (non-hydrogen) atoms. The topological polar surface area (TPSA) is 34.2 Å². The Bertz CT molecular complexity index is 590. The van der Waals surface area contributed by atoms with Crippen LogP contribution in [-0.4, -0.2) is 28.6 Å². The molecule has 0 spiro atoms. The third kappa shape index (κ3) is 2.60. The van der Waals surface area contributed by atoms with E-state index in [0.29, 0.717) is 12.0 Å². The molecule has 1 aromatic carbocycles. The van der Waals surface area contributed by atoms with E-state index in [0.717, 1.165) is 19.6 Å². The molecule has 3 heteroatoms. The molecule has 114 valence electrons. The van der Waals surface area contributed by atoms with E-state index in [1.165, 1.54) is 35.0 Å². The highest BCUT2D eigenvalue weighted by Gasteiger charge is 2.26. The second-order valence-electron chi connectivity index (χ2n) is 6.61. The van der Waals surface area contributed by atoms with Crippen molar-refractivity contribution in [1.82, 2.24) is 9.47 Å². The Hall–Kier alpha value is -1.32. The Morgan fingerprint density at radius 1 is 1.24 bits per heavy atom. The van der Waals surface area contributed by atoms with Gasteiger partial charge >= 0.3 is 0 Å². The van der Waals surface area contributed by atoms with Crippen molar-refractivity contribution < 1.29 is 0 Å². The number of rotatable bonds is 3. The van der Waals surface area contributed by atoms with E-state index in [2.05, 4.69) is 54.6 Å².